The summed E-state index contributed by atoms with van der Waals surface area (Å²) in [6, 6.07) is 5.53. The first-order chi connectivity index (χ1) is 8.15. The minimum Gasteiger partial charge on any atom is -0.351 e. The summed E-state index contributed by atoms with van der Waals surface area (Å²) >= 11 is 0. The van der Waals surface area contributed by atoms with Crippen LogP contribution in [0.2, 0.25) is 0 Å². The number of pyridine rings is 1. The maximum atomic E-state index is 11.6. The number of carbonyl (C=O) groups is 1. The molecule has 1 rings (SSSR count). The van der Waals surface area contributed by atoms with Crippen molar-refractivity contribution in [3.63, 3.8) is 0 Å². The van der Waals surface area contributed by atoms with Crippen LogP contribution in [0.3, 0.4) is 0 Å². The molecule has 17 heavy (non-hydrogen) atoms. The van der Waals surface area contributed by atoms with Gasteiger partial charge in [0.15, 0.2) is 0 Å². The maximum absolute atomic E-state index is 11.6. The Kier molecular flexibility index (Phi) is 5.36. The molecule has 0 bridgehead atoms. The lowest BCUT2D eigenvalue weighted by molar-refractivity contribution is -0.122. The fourth-order valence-electron chi connectivity index (χ4n) is 1.49. The van der Waals surface area contributed by atoms with Crippen LogP contribution >= 0.6 is 0 Å². The smallest absolute Gasteiger partial charge is 0.237 e. The SMILES string of the molecule is C=CCNC(=O)C(C)N[C@@H](C)c1ccccn1. The van der Waals surface area contributed by atoms with E-state index in [-0.39, 0.29) is 18.0 Å². The van der Waals surface area contributed by atoms with Gasteiger partial charge in [-0.2, -0.15) is 0 Å². The number of aromatic nitrogens is 1. The van der Waals surface area contributed by atoms with E-state index in [4.69, 9.17) is 0 Å². The summed E-state index contributed by atoms with van der Waals surface area (Å²) in [5.41, 5.74) is 0.927. The fraction of sp³-hybridized carbons (Fsp3) is 0.385. The first-order valence-corrected chi connectivity index (χ1v) is 5.70. The fourth-order valence-corrected chi connectivity index (χ4v) is 1.49. The summed E-state index contributed by atoms with van der Waals surface area (Å²) in [6.07, 6.45) is 3.41. The van der Waals surface area contributed by atoms with Gasteiger partial charge in [-0.3, -0.25) is 15.1 Å². The van der Waals surface area contributed by atoms with E-state index in [9.17, 15) is 4.79 Å². The van der Waals surface area contributed by atoms with Gasteiger partial charge in [-0.1, -0.05) is 12.1 Å². The third-order valence-corrected chi connectivity index (χ3v) is 2.45. The molecule has 0 radical (unpaired) electrons. The second kappa shape index (κ2) is 6.81. The van der Waals surface area contributed by atoms with Crippen molar-refractivity contribution >= 4 is 5.91 Å². The minimum absolute atomic E-state index is 0.0346. The molecule has 1 heterocycles. The van der Waals surface area contributed by atoms with Crippen molar-refractivity contribution in [3.05, 3.63) is 42.7 Å². The third kappa shape index (κ3) is 4.36. The zero-order valence-corrected chi connectivity index (χ0v) is 10.3. The normalized spacial score (nSPS) is 13.8. The zero-order valence-electron chi connectivity index (χ0n) is 10.3. The van der Waals surface area contributed by atoms with Crippen molar-refractivity contribution in [1.29, 1.82) is 0 Å². The molecule has 0 saturated heterocycles. The molecule has 0 saturated carbocycles. The van der Waals surface area contributed by atoms with E-state index in [2.05, 4.69) is 22.2 Å². The van der Waals surface area contributed by atoms with Gasteiger partial charge in [0, 0.05) is 18.8 Å². The number of nitrogens with zero attached hydrogens (tertiary/aromatic N) is 1. The molecule has 0 aliphatic carbocycles. The Hall–Kier alpha value is -1.68. The van der Waals surface area contributed by atoms with Crippen molar-refractivity contribution < 1.29 is 4.79 Å². The van der Waals surface area contributed by atoms with Crippen LogP contribution in [0.5, 0.6) is 0 Å². The summed E-state index contributed by atoms with van der Waals surface area (Å²) in [4.78, 5) is 15.9. The Morgan fingerprint density at radius 2 is 2.29 bits per heavy atom. The van der Waals surface area contributed by atoms with Crippen molar-refractivity contribution in [2.45, 2.75) is 25.9 Å². The maximum Gasteiger partial charge on any atom is 0.237 e. The topological polar surface area (TPSA) is 54.0 Å². The van der Waals surface area contributed by atoms with E-state index >= 15 is 0 Å². The molecule has 0 spiro atoms. The molecule has 1 amide bonds. The quantitative estimate of drug-likeness (QED) is 0.731. The van der Waals surface area contributed by atoms with Crippen molar-refractivity contribution in [1.82, 2.24) is 15.6 Å². The monoisotopic (exact) mass is 233 g/mol. The lowest BCUT2D eigenvalue weighted by atomic mass is 10.2. The van der Waals surface area contributed by atoms with Gasteiger partial charge < -0.3 is 5.32 Å². The van der Waals surface area contributed by atoms with Crippen molar-refractivity contribution in [2.75, 3.05) is 6.54 Å². The van der Waals surface area contributed by atoms with Gasteiger partial charge in [-0.25, -0.2) is 0 Å². The Balaban J connectivity index is 2.48. The van der Waals surface area contributed by atoms with Crippen LogP contribution in [0.4, 0.5) is 0 Å². The van der Waals surface area contributed by atoms with Crippen LogP contribution < -0.4 is 10.6 Å². The zero-order chi connectivity index (χ0) is 12.7. The number of hydrogen-bond acceptors (Lipinski definition) is 3. The molecule has 1 aromatic rings. The Morgan fingerprint density at radius 1 is 1.53 bits per heavy atom. The van der Waals surface area contributed by atoms with Crippen molar-refractivity contribution in [2.24, 2.45) is 0 Å². The van der Waals surface area contributed by atoms with Gasteiger partial charge in [0.1, 0.15) is 0 Å². The van der Waals surface area contributed by atoms with E-state index < -0.39 is 0 Å². The third-order valence-electron chi connectivity index (χ3n) is 2.45. The van der Waals surface area contributed by atoms with Crippen LogP contribution in [0, 0.1) is 0 Å². The molecule has 2 atom stereocenters. The highest BCUT2D eigenvalue weighted by molar-refractivity contribution is 5.81. The predicted octanol–water partition coefficient (Wildman–Crippen LogP) is 1.42. The number of amides is 1. The van der Waals surface area contributed by atoms with Gasteiger partial charge in [-0.15, -0.1) is 6.58 Å². The molecule has 0 aromatic carbocycles. The first kappa shape index (κ1) is 13.4. The van der Waals surface area contributed by atoms with Gasteiger partial charge in [0.05, 0.1) is 11.7 Å². The van der Waals surface area contributed by atoms with Crippen LogP contribution in [-0.2, 0) is 4.79 Å². The van der Waals surface area contributed by atoms with Gasteiger partial charge >= 0.3 is 0 Å². The second-order valence-corrected chi connectivity index (χ2v) is 3.90. The standard InChI is InChI=1S/C13H19N3O/c1-4-8-15-13(17)11(3)16-10(2)12-7-5-6-9-14-12/h4-7,9-11,16H,1,8H2,2-3H3,(H,15,17)/t10-,11?/m0/s1. The lowest BCUT2D eigenvalue weighted by Crippen LogP contribution is -2.43. The van der Waals surface area contributed by atoms with E-state index in [0.29, 0.717) is 6.54 Å². The second-order valence-electron chi connectivity index (χ2n) is 3.90. The molecule has 2 N–H and O–H groups in total. The molecular formula is C13H19N3O. The van der Waals surface area contributed by atoms with Crippen LogP contribution in [0.25, 0.3) is 0 Å². The lowest BCUT2D eigenvalue weighted by Gasteiger charge is -2.18. The van der Waals surface area contributed by atoms with E-state index in [0.717, 1.165) is 5.69 Å². The predicted molar refractivity (Wildman–Crippen MR) is 68.5 cm³/mol. The number of carbonyl (C=O) groups excluding carboxylic acids is 1. The molecule has 1 aromatic heterocycles. The summed E-state index contributed by atoms with van der Waals surface area (Å²) in [6.45, 7) is 7.86. The average Bonchev–Trinajstić information content (AvgIpc) is 2.36. The number of nitrogens with one attached hydrogen (secondary N) is 2. The Labute approximate surface area is 102 Å². The highest BCUT2D eigenvalue weighted by Crippen LogP contribution is 2.08. The molecule has 0 aliphatic heterocycles. The molecule has 1 unspecified atom stereocenters. The Morgan fingerprint density at radius 3 is 2.88 bits per heavy atom. The highest BCUT2D eigenvalue weighted by atomic mass is 16.2. The van der Waals surface area contributed by atoms with E-state index in [1.807, 2.05) is 32.0 Å². The molecule has 0 fully saturated rings. The largest absolute Gasteiger partial charge is 0.351 e. The summed E-state index contributed by atoms with van der Waals surface area (Å²) in [7, 11) is 0. The number of rotatable bonds is 6. The highest BCUT2D eigenvalue weighted by Gasteiger charge is 2.15. The van der Waals surface area contributed by atoms with Crippen LogP contribution in [0.1, 0.15) is 25.6 Å². The molecule has 4 nitrogen and oxygen atoms in total. The van der Waals surface area contributed by atoms with Gasteiger partial charge in [0.2, 0.25) is 5.91 Å². The van der Waals surface area contributed by atoms with Crippen LogP contribution in [-0.4, -0.2) is 23.5 Å². The van der Waals surface area contributed by atoms with Gasteiger partial charge in [-0.05, 0) is 26.0 Å². The summed E-state index contributed by atoms with van der Waals surface area (Å²) < 4.78 is 0. The van der Waals surface area contributed by atoms with Crippen LogP contribution in [0.15, 0.2) is 37.1 Å². The van der Waals surface area contributed by atoms with E-state index in [1.54, 1.807) is 12.3 Å². The summed E-state index contributed by atoms with van der Waals surface area (Å²) in [5, 5.41) is 5.94. The average molecular weight is 233 g/mol. The molecule has 0 aliphatic rings. The minimum atomic E-state index is -0.257. The molecular weight excluding hydrogens is 214 g/mol. The van der Waals surface area contributed by atoms with Crippen molar-refractivity contribution in [3.8, 4) is 0 Å². The Bertz CT molecular complexity index is 364. The molecule has 4 heteroatoms. The van der Waals surface area contributed by atoms with E-state index in [1.165, 1.54) is 0 Å². The first-order valence-electron chi connectivity index (χ1n) is 5.70. The summed E-state index contributed by atoms with van der Waals surface area (Å²) in [5.74, 6) is -0.0346. The van der Waals surface area contributed by atoms with Gasteiger partial charge in [0.25, 0.3) is 0 Å². The number of hydrogen-bond donors (Lipinski definition) is 2. The molecule has 92 valence electrons.